The third-order valence-electron chi connectivity index (χ3n) is 1.70. The lowest BCUT2D eigenvalue weighted by atomic mass is 10.4. The van der Waals surface area contributed by atoms with Crippen LogP contribution in [0, 0.1) is 0 Å². The SMILES string of the molecule is C[C@@H](O)C(=O)NN1CCCC1=O. The number of nitrogens with zero attached hydrogens (tertiary/aromatic N) is 1. The molecule has 2 N–H and O–H groups in total. The number of hydrogen-bond donors (Lipinski definition) is 2. The van der Waals surface area contributed by atoms with E-state index >= 15 is 0 Å². The highest BCUT2D eigenvalue weighted by atomic mass is 16.3. The Balaban J connectivity index is 2.40. The fraction of sp³-hybridized carbons (Fsp3) is 0.714. The molecule has 1 fully saturated rings. The highest BCUT2D eigenvalue weighted by molar-refractivity contribution is 5.85. The lowest BCUT2D eigenvalue weighted by Crippen LogP contribution is -2.46. The lowest BCUT2D eigenvalue weighted by molar-refractivity contribution is -0.141. The fourth-order valence-electron chi connectivity index (χ4n) is 0.993. The van der Waals surface area contributed by atoms with Gasteiger partial charge in [-0.2, -0.15) is 0 Å². The summed E-state index contributed by atoms with van der Waals surface area (Å²) in [5, 5.41) is 10.1. The summed E-state index contributed by atoms with van der Waals surface area (Å²) in [7, 11) is 0. The molecular formula is C7H12N2O3. The minimum atomic E-state index is -1.07. The summed E-state index contributed by atoms with van der Waals surface area (Å²) in [6.45, 7) is 1.90. The van der Waals surface area contributed by atoms with Crippen LogP contribution in [0.15, 0.2) is 0 Å². The van der Waals surface area contributed by atoms with Crippen molar-refractivity contribution in [2.75, 3.05) is 6.54 Å². The van der Waals surface area contributed by atoms with E-state index in [1.165, 1.54) is 11.9 Å². The number of amides is 2. The topological polar surface area (TPSA) is 69.6 Å². The molecule has 0 aromatic carbocycles. The van der Waals surface area contributed by atoms with Crippen LogP contribution in [-0.4, -0.2) is 34.6 Å². The van der Waals surface area contributed by atoms with Crippen molar-refractivity contribution in [3.63, 3.8) is 0 Å². The summed E-state index contributed by atoms with van der Waals surface area (Å²) in [6.07, 6.45) is 0.164. The van der Waals surface area contributed by atoms with Gasteiger partial charge in [0, 0.05) is 13.0 Å². The Morgan fingerprint density at radius 1 is 1.75 bits per heavy atom. The van der Waals surface area contributed by atoms with Crippen LogP contribution < -0.4 is 5.43 Å². The van der Waals surface area contributed by atoms with E-state index in [1.807, 2.05) is 0 Å². The van der Waals surface area contributed by atoms with Gasteiger partial charge in [0.2, 0.25) is 5.91 Å². The van der Waals surface area contributed by atoms with E-state index in [0.717, 1.165) is 6.42 Å². The van der Waals surface area contributed by atoms with Crippen molar-refractivity contribution in [2.45, 2.75) is 25.9 Å². The number of carbonyl (C=O) groups excluding carboxylic acids is 2. The van der Waals surface area contributed by atoms with Crippen molar-refractivity contribution in [3.8, 4) is 0 Å². The van der Waals surface area contributed by atoms with Crippen molar-refractivity contribution in [2.24, 2.45) is 0 Å². The number of nitrogens with one attached hydrogen (secondary N) is 1. The second kappa shape index (κ2) is 3.53. The minimum Gasteiger partial charge on any atom is -0.383 e. The minimum absolute atomic E-state index is 0.0935. The van der Waals surface area contributed by atoms with Crippen LogP contribution in [0.5, 0.6) is 0 Å². The number of rotatable bonds is 2. The van der Waals surface area contributed by atoms with Crippen LogP contribution in [0.1, 0.15) is 19.8 Å². The molecule has 5 nitrogen and oxygen atoms in total. The van der Waals surface area contributed by atoms with Gasteiger partial charge in [-0.25, -0.2) is 0 Å². The van der Waals surface area contributed by atoms with Gasteiger partial charge in [0.25, 0.3) is 5.91 Å². The average molecular weight is 172 g/mol. The molecule has 0 bridgehead atoms. The fourth-order valence-corrected chi connectivity index (χ4v) is 0.993. The van der Waals surface area contributed by atoms with Crippen molar-refractivity contribution in [1.82, 2.24) is 10.4 Å². The van der Waals surface area contributed by atoms with Crippen LogP contribution in [0.3, 0.4) is 0 Å². The zero-order valence-corrected chi connectivity index (χ0v) is 6.91. The summed E-state index contributed by atoms with van der Waals surface area (Å²) < 4.78 is 0. The molecule has 0 saturated carbocycles. The maximum atomic E-state index is 11.0. The molecule has 68 valence electrons. The van der Waals surface area contributed by atoms with E-state index < -0.39 is 12.0 Å². The summed E-state index contributed by atoms with van der Waals surface area (Å²) in [6, 6.07) is 0. The molecule has 0 aliphatic carbocycles. The van der Waals surface area contributed by atoms with Gasteiger partial charge in [0.05, 0.1) is 0 Å². The van der Waals surface area contributed by atoms with Gasteiger partial charge in [-0.3, -0.25) is 20.0 Å². The van der Waals surface area contributed by atoms with E-state index in [0.29, 0.717) is 13.0 Å². The molecule has 0 radical (unpaired) electrons. The van der Waals surface area contributed by atoms with E-state index in [1.54, 1.807) is 0 Å². The summed E-state index contributed by atoms with van der Waals surface area (Å²) in [5.74, 6) is -0.630. The Hall–Kier alpha value is -1.10. The monoisotopic (exact) mass is 172 g/mol. The largest absolute Gasteiger partial charge is 0.383 e. The van der Waals surface area contributed by atoms with Crippen molar-refractivity contribution >= 4 is 11.8 Å². The van der Waals surface area contributed by atoms with Gasteiger partial charge in [-0.1, -0.05) is 0 Å². The Morgan fingerprint density at radius 2 is 2.42 bits per heavy atom. The first-order valence-electron chi connectivity index (χ1n) is 3.90. The smallest absolute Gasteiger partial charge is 0.267 e. The van der Waals surface area contributed by atoms with Crippen LogP contribution in [0.2, 0.25) is 0 Å². The molecule has 1 saturated heterocycles. The average Bonchev–Trinajstić information content (AvgIpc) is 2.36. The molecule has 1 atom stereocenters. The number of aliphatic hydroxyl groups excluding tert-OH is 1. The van der Waals surface area contributed by atoms with Gasteiger partial charge in [0.15, 0.2) is 0 Å². The lowest BCUT2D eigenvalue weighted by Gasteiger charge is -2.17. The molecule has 5 heteroatoms. The van der Waals surface area contributed by atoms with E-state index in [4.69, 9.17) is 5.11 Å². The summed E-state index contributed by atoms with van der Waals surface area (Å²) in [4.78, 5) is 21.9. The number of carbonyl (C=O) groups is 2. The summed E-state index contributed by atoms with van der Waals surface area (Å²) >= 11 is 0. The molecule has 1 aliphatic rings. The Bertz CT molecular complexity index is 203. The molecule has 0 aromatic heterocycles. The molecule has 0 aromatic rings. The van der Waals surface area contributed by atoms with Crippen molar-refractivity contribution in [3.05, 3.63) is 0 Å². The molecule has 1 heterocycles. The van der Waals surface area contributed by atoms with Crippen molar-refractivity contribution < 1.29 is 14.7 Å². The maximum Gasteiger partial charge on any atom is 0.267 e. The Labute approximate surface area is 70.3 Å². The van der Waals surface area contributed by atoms with E-state index in [2.05, 4.69) is 5.43 Å². The molecule has 0 spiro atoms. The van der Waals surface area contributed by atoms with Crippen LogP contribution >= 0.6 is 0 Å². The Kier molecular flexibility index (Phi) is 2.65. The second-order valence-electron chi connectivity index (χ2n) is 2.80. The van der Waals surface area contributed by atoms with Crippen LogP contribution in [-0.2, 0) is 9.59 Å². The van der Waals surface area contributed by atoms with E-state index in [-0.39, 0.29) is 5.91 Å². The zero-order valence-electron chi connectivity index (χ0n) is 6.91. The van der Waals surface area contributed by atoms with Crippen molar-refractivity contribution in [1.29, 1.82) is 0 Å². The van der Waals surface area contributed by atoms with Gasteiger partial charge in [-0.15, -0.1) is 0 Å². The quantitative estimate of drug-likeness (QED) is 0.562. The molecule has 12 heavy (non-hydrogen) atoms. The number of hydrogen-bond acceptors (Lipinski definition) is 3. The van der Waals surface area contributed by atoms with Crippen LogP contribution in [0.4, 0.5) is 0 Å². The second-order valence-corrected chi connectivity index (χ2v) is 2.80. The number of hydrazine groups is 1. The van der Waals surface area contributed by atoms with Gasteiger partial charge in [-0.05, 0) is 13.3 Å². The number of aliphatic hydroxyl groups is 1. The predicted octanol–water partition coefficient (Wildman–Crippen LogP) is -0.979. The first kappa shape index (κ1) is 8.99. The molecule has 2 amide bonds. The van der Waals surface area contributed by atoms with E-state index in [9.17, 15) is 9.59 Å². The van der Waals surface area contributed by atoms with Gasteiger partial charge >= 0.3 is 0 Å². The molecule has 1 aliphatic heterocycles. The van der Waals surface area contributed by atoms with Crippen LogP contribution in [0.25, 0.3) is 0 Å². The predicted molar refractivity (Wildman–Crippen MR) is 40.8 cm³/mol. The highest BCUT2D eigenvalue weighted by Crippen LogP contribution is 2.05. The summed E-state index contributed by atoms with van der Waals surface area (Å²) in [5.41, 5.74) is 2.32. The normalized spacial score (nSPS) is 19.5. The molecule has 1 rings (SSSR count). The third-order valence-corrected chi connectivity index (χ3v) is 1.70. The zero-order chi connectivity index (χ0) is 9.14. The Morgan fingerprint density at radius 3 is 2.83 bits per heavy atom. The molecular weight excluding hydrogens is 160 g/mol. The van der Waals surface area contributed by atoms with Gasteiger partial charge in [0.1, 0.15) is 6.10 Å². The maximum absolute atomic E-state index is 11.0. The third kappa shape index (κ3) is 1.94. The first-order chi connectivity index (χ1) is 5.61. The first-order valence-corrected chi connectivity index (χ1v) is 3.90. The standard InChI is InChI=1S/C7H12N2O3/c1-5(10)7(12)8-9-4-2-3-6(9)11/h5,10H,2-4H2,1H3,(H,8,12)/t5-/m1/s1. The molecule has 0 unspecified atom stereocenters. The highest BCUT2D eigenvalue weighted by Gasteiger charge is 2.22. The van der Waals surface area contributed by atoms with Gasteiger partial charge < -0.3 is 5.11 Å².